The van der Waals surface area contributed by atoms with Crippen molar-refractivity contribution in [2.45, 2.75) is 0 Å². The van der Waals surface area contributed by atoms with Crippen LogP contribution in [0.3, 0.4) is 0 Å². The number of pyridine rings is 1. The van der Waals surface area contributed by atoms with Crippen LogP contribution in [0.25, 0.3) is 5.52 Å². The third-order valence-electron chi connectivity index (χ3n) is 4.45. The van der Waals surface area contributed by atoms with E-state index in [1.54, 1.807) is 22.7 Å². The molecule has 0 saturated carbocycles. The molecule has 8 nitrogen and oxygen atoms in total. The van der Waals surface area contributed by atoms with Gasteiger partial charge in [-0.15, -0.1) is 0 Å². The number of carbonyl (C=O) groups excluding carboxylic acids is 2. The normalized spacial score (nSPS) is 10.9. The Morgan fingerprint density at radius 3 is 2.38 bits per heavy atom. The highest BCUT2D eigenvalue weighted by atomic mass is 16.2. The standard InChI is InChI=1S/C21H26N6O2/c1-25(2)14-12-22-20(28)18-17-7-5-6-13-27(17)19(24-18)21(29)23-15-8-10-16(11-9-15)26(3)4/h5-11,13H,12,14H2,1-4H3,(H,22,28)(H,23,29). The van der Waals surface area contributed by atoms with Gasteiger partial charge in [0.1, 0.15) is 0 Å². The highest BCUT2D eigenvalue weighted by Crippen LogP contribution is 2.18. The Morgan fingerprint density at radius 1 is 1.00 bits per heavy atom. The predicted octanol–water partition coefficient (Wildman–Crippen LogP) is 1.94. The molecule has 3 rings (SSSR count). The molecule has 0 aliphatic carbocycles. The SMILES string of the molecule is CN(C)CCNC(=O)c1nc(C(=O)Nc2ccc(N(C)C)cc2)n2ccccc12. The number of nitrogens with one attached hydrogen (secondary N) is 2. The van der Waals surface area contributed by atoms with E-state index in [0.717, 1.165) is 5.69 Å². The zero-order valence-electron chi connectivity index (χ0n) is 17.1. The Balaban J connectivity index is 1.83. The summed E-state index contributed by atoms with van der Waals surface area (Å²) in [5, 5.41) is 5.70. The van der Waals surface area contributed by atoms with E-state index in [1.807, 2.05) is 68.3 Å². The quantitative estimate of drug-likeness (QED) is 0.640. The van der Waals surface area contributed by atoms with Crippen LogP contribution in [-0.4, -0.2) is 67.4 Å². The lowest BCUT2D eigenvalue weighted by molar-refractivity contribution is 0.0948. The maximum absolute atomic E-state index is 12.8. The Bertz CT molecular complexity index is 1010. The van der Waals surface area contributed by atoms with Crippen molar-refractivity contribution >= 4 is 28.7 Å². The molecule has 0 unspecified atom stereocenters. The number of hydrogen-bond donors (Lipinski definition) is 2. The molecule has 2 N–H and O–H groups in total. The fraction of sp³-hybridized carbons (Fsp3) is 0.286. The van der Waals surface area contributed by atoms with E-state index in [0.29, 0.717) is 24.3 Å². The molecule has 152 valence electrons. The molecule has 0 aliphatic heterocycles. The van der Waals surface area contributed by atoms with Crippen molar-refractivity contribution in [1.29, 1.82) is 0 Å². The molecule has 2 aromatic heterocycles. The van der Waals surface area contributed by atoms with Crippen molar-refractivity contribution in [2.75, 3.05) is 51.5 Å². The van der Waals surface area contributed by atoms with Crippen molar-refractivity contribution < 1.29 is 9.59 Å². The number of carbonyl (C=O) groups is 2. The number of imidazole rings is 1. The Morgan fingerprint density at radius 2 is 1.72 bits per heavy atom. The van der Waals surface area contributed by atoms with Gasteiger partial charge in [0, 0.05) is 44.8 Å². The smallest absolute Gasteiger partial charge is 0.292 e. The van der Waals surface area contributed by atoms with Gasteiger partial charge in [0.2, 0.25) is 5.82 Å². The fourth-order valence-electron chi connectivity index (χ4n) is 2.87. The topological polar surface area (TPSA) is 82.0 Å². The zero-order valence-corrected chi connectivity index (χ0v) is 17.1. The molecule has 29 heavy (non-hydrogen) atoms. The van der Waals surface area contributed by atoms with E-state index in [2.05, 4.69) is 15.6 Å². The minimum atomic E-state index is -0.379. The zero-order chi connectivity index (χ0) is 21.0. The molecular weight excluding hydrogens is 368 g/mol. The summed E-state index contributed by atoms with van der Waals surface area (Å²) < 4.78 is 1.63. The van der Waals surface area contributed by atoms with Crippen LogP contribution in [-0.2, 0) is 0 Å². The fourth-order valence-corrected chi connectivity index (χ4v) is 2.87. The predicted molar refractivity (Wildman–Crippen MR) is 115 cm³/mol. The molecule has 2 heterocycles. The molecule has 8 heteroatoms. The average molecular weight is 394 g/mol. The summed E-state index contributed by atoms with van der Waals surface area (Å²) in [4.78, 5) is 33.7. The third kappa shape index (κ3) is 4.72. The van der Waals surface area contributed by atoms with Crippen LogP contribution in [0.1, 0.15) is 21.1 Å². The molecule has 2 amide bonds. The minimum Gasteiger partial charge on any atom is -0.378 e. The van der Waals surface area contributed by atoms with Crippen LogP contribution in [0, 0.1) is 0 Å². The highest BCUT2D eigenvalue weighted by molar-refractivity contribution is 6.06. The third-order valence-corrected chi connectivity index (χ3v) is 4.45. The number of nitrogens with zero attached hydrogens (tertiary/aromatic N) is 4. The first-order chi connectivity index (χ1) is 13.9. The number of anilines is 2. The second-order valence-corrected chi connectivity index (χ2v) is 7.19. The molecule has 3 aromatic rings. The first-order valence-electron chi connectivity index (χ1n) is 9.35. The number of benzene rings is 1. The van der Waals surface area contributed by atoms with Gasteiger partial charge >= 0.3 is 0 Å². The Hall–Kier alpha value is -3.39. The molecule has 0 atom stereocenters. The van der Waals surface area contributed by atoms with E-state index in [1.165, 1.54) is 0 Å². The molecule has 0 radical (unpaired) electrons. The van der Waals surface area contributed by atoms with Crippen LogP contribution in [0.2, 0.25) is 0 Å². The van der Waals surface area contributed by atoms with Gasteiger partial charge in [-0.2, -0.15) is 0 Å². The largest absolute Gasteiger partial charge is 0.378 e. The van der Waals surface area contributed by atoms with E-state index in [-0.39, 0.29) is 23.3 Å². The van der Waals surface area contributed by atoms with E-state index < -0.39 is 0 Å². The van der Waals surface area contributed by atoms with E-state index >= 15 is 0 Å². The Labute approximate surface area is 170 Å². The Kier molecular flexibility index (Phi) is 6.13. The summed E-state index contributed by atoms with van der Waals surface area (Å²) in [6.45, 7) is 1.21. The van der Waals surface area contributed by atoms with E-state index in [4.69, 9.17) is 0 Å². The number of hydrogen-bond acceptors (Lipinski definition) is 5. The number of amides is 2. The highest BCUT2D eigenvalue weighted by Gasteiger charge is 2.21. The van der Waals surface area contributed by atoms with Gasteiger partial charge in [0.05, 0.1) is 5.52 Å². The number of aromatic nitrogens is 2. The van der Waals surface area contributed by atoms with Crippen molar-refractivity contribution in [3.8, 4) is 0 Å². The molecule has 0 fully saturated rings. The van der Waals surface area contributed by atoms with Gasteiger partial charge < -0.3 is 20.4 Å². The minimum absolute atomic E-state index is 0.162. The van der Waals surface area contributed by atoms with Gasteiger partial charge in [-0.25, -0.2) is 4.98 Å². The summed E-state index contributed by atoms with van der Waals surface area (Å²) in [6, 6.07) is 12.9. The summed E-state index contributed by atoms with van der Waals surface area (Å²) in [5.41, 5.74) is 2.51. The maximum Gasteiger partial charge on any atom is 0.292 e. The summed E-state index contributed by atoms with van der Waals surface area (Å²) in [6.07, 6.45) is 1.73. The van der Waals surface area contributed by atoms with Gasteiger partial charge in [-0.05, 0) is 50.5 Å². The number of rotatable bonds is 7. The number of fused-ring (bicyclic) bond motifs is 1. The van der Waals surface area contributed by atoms with Crippen LogP contribution >= 0.6 is 0 Å². The summed E-state index contributed by atoms with van der Waals surface area (Å²) >= 11 is 0. The second-order valence-electron chi connectivity index (χ2n) is 7.19. The van der Waals surface area contributed by atoms with E-state index in [9.17, 15) is 9.59 Å². The van der Waals surface area contributed by atoms with Gasteiger partial charge in [-0.3, -0.25) is 14.0 Å². The summed E-state index contributed by atoms with van der Waals surface area (Å²) in [7, 11) is 7.78. The molecule has 0 bridgehead atoms. The lowest BCUT2D eigenvalue weighted by Crippen LogP contribution is -2.31. The summed E-state index contributed by atoms with van der Waals surface area (Å²) in [5.74, 6) is -0.517. The van der Waals surface area contributed by atoms with Crippen LogP contribution in [0.4, 0.5) is 11.4 Å². The van der Waals surface area contributed by atoms with Gasteiger partial charge in [0.15, 0.2) is 5.69 Å². The van der Waals surface area contributed by atoms with Crippen LogP contribution < -0.4 is 15.5 Å². The molecule has 1 aromatic carbocycles. The van der Waals surface area contributed by atoms with Crippen LogP contribution in [0.15, 0.2) is 48.7 Å². The molecular formula is C21H26N6O2. The van der Waals surface area contributed by atoms with Gasteiger partial charge in [0.25, 0.3) is 11.8 Å². The first kappa shape index (κ1) is 20.3. The van der Waals surface area contributed by atoms with Gasteiger partial charge in [-0.1, -0.05) is 6.07 Å². The first-order valence-corrected chi connectivity index (χ1v) is 9.35. The average Bonchev–Trinajstić information content (AvgIpc) is 3.08. The van der Waals surface area contributed by atoms with Crippen molar-refractivity contribution in [3.63, 3.8) is 0 Å². The molecule has 0 spiro atoms. The van der Waals surface area contributed by atoms with Crippen LogP contribution in [0.5, 0.6) is 0 Å². The van der Waals surface area contributed by atoms with Crippen molar-refractivity contribution in [3.05, 3.63) is 60.2 Å². The lowest BCUT2D eigenvalue weighted by Gasteiger charge is -2.12. The maximum atomic E-state index is 12.8. The molecule has 0 aliphatic rings. The lowest BCUT2D eigenvalue weighted by atomic mass is 10.2. The second kappa shape index (κ2) is 8.74. The van der Waals surface area contributed by atoms with Crippen molar-refractivity contribution in [2.24, 2.45) is 0 Å². The molecule has 0 saturated heterocycles. The van der Waals surface area contributed by atoms with Crippen molar-refractivity contribution in [1.82, 2.24) is 19.6 Å². The number of likely N-dealkylation sites (N-methyl/N-ethyl adjacent to an activating group) is 1. The monoisotopic (exact) mass is 394 g/mol.